The molecule has 0 aromatic heterocycles. The minimum atomic E-state index is -3.28. The van der Waals surface area contributed by atoms with Crippen LogP contribution in [0.1, 0.15) is 19.3 Å². The van der Waals surface area contributed by atoms with E-state index >= 15 is 0 Å². The van der Waals surface area contributed by atoms with Crippen molar-refractivity contribution in [2.24, 2.45) is 10.9 Å². The Morgan fingerprint density at radius 2 is 2.00 bits per heavy atom. The number of sulfonamides is 1. The smallest absolute Gasteiger partial charge is 0.213 e. The molecule has 0 spiro atoms. The first kappa shape index (κ1) is 24.9. The minimum absolute atomic E-state index is 0. The van der Waals surface area contributed by atoms with Gasteiger partial charge in [-0.05, 0) is 43.0 Å². The third kappa shape index (κ3) is 8.91. The van der Waals surface area contributed by atoms with Crippen LogP contribution in [0.4, 0.5) is 4.39 Å². The molecular weight excluding hydrogens is 498 g/mol. The van der Waals surface area contributed by atoms with Gasteiger partial charge in [-0.1, -0.05) is 6.42 Å². The number of likely N-dealkylation sites (N-methyl/N-ethyl adjacent to an activating group) is 1. The Kier molecular flexibility index (Phi) is 11.1. The van der Waals surface area contributed by atoms with E-state index in [-0.39, 0.29) is 42.1 Å². The van der Waals surface area contributed by atoms with Gasteiger partial charge in [0, 0.05) is 27.2 Å². The monoisotopic (exact) mass is 528 g/mol. The van der Waals surface area contributed by atoms with E-state index in [1.165, 1.54) is 18.6 Å². The van der Waals surface area contributed by atoms with Crippen molar-refractivity contribution in [1.29, 1.82) is 0 Å². The van der Waals surface area contributed by atoms with Crippen molar-refractivity contribution in [3.8, 4) is 5.75 Å². The molecule has 1 aliphatic rings. The number of rotatable bonds is 10. The predicted molar refractivity (Wildman–Crippen MR) is 120 cm³/mol. The molecule has 28 heavy (non-hydrogen) atoms. The van der Waals surface area contributed by atoms with Crippen LogP contribution in [-0.4, -0.2) is 65.4 Å². The normalized spacial score (nSPS) is 14.8. The maximum absolute atomic E-state index is 12.9. The lowest BCUT2D eigenvalue weighted by molar-refractivity contribution is 0.281. The highest BCUT2D eigenvalue weighted by Gasteiger charge is 2.20. The molecule has 0 radical (unpaired) electrons. The predicted octanol–water partition coefficient (Wildman–Crippen LogP) is 2.05. The fourth-order valence-electron chi connectivity index (χ4n) is 2.63. The second-order valence-electron chi connectivity index (χ2n) is 6.66. The molecular formula is C18H30FIN4O3S. The molecule has 0 amide bonds. The molecule has 160 valence electrons. The van der Waals surface area contributed by atoms with Crippen LogP contribution in [0, 0.1) is 11.7 Å². The maximum atomic E-state index is 12.9. The molecule has 1 aromatic carbocycles. The van der Waals surface area contributed by atoms with Crippen molar-refractivity contribution in [1.82, 2.24) is 14.9 Å². The Morgan fingerprint density at radius 3 is 2.57 bits per heavy atom. The topological polar surface area (TPSA) is 83.0 Å². The van der Waals surface area contributed by atoms with E-state index in [0.717, 1.165) is 12.8 Å². The van der Waals surface area contributed by atoms with Gasteiger partial charge in [0.15, 0.2) is 5.96 Å². The standard InChI is InChI=1S/C18H29FN4O3S.HI/c1-20-18(21-10-13-27(24,25)22-14-15-4-3-5-15)23(2)11-12-26-17-8-6-16(19)7-9-17;/h6-9,15,22H,3-5,10-14H2,1-2H3,(H,20,21);1H. The van der Waals surface area contributed by atoms with Crippen LogP contribution in [0.25, 0.3) is 0 Å². The van der Waals surface area contributed by atoms with Gasteiger partial charge in [-0.3, -0.25) is 4.99 Å². The zero-order chi connectivity index (χ0) is 19.7. The van der Waals surface area contributed by atoms with Gasteiger partial charge in [0.1, 0.15) is 18.2 Å². The van der Waals surface area contributed by atoms with Crippen molar-refractivity contribution in [2.45, 2.75) is 19.3 Å². The van der Waals surface area contributed by atoms with Gasteiger partial charge in [0.2, 0.25) is 10.0 Å². The fourth-order valence-corrected chi connectivity index (χ4v) is 3.64. The molecule has 2 N–H and O–H groups in total. The zero-order valence-electron chi connectivity index (χ0n) is 16.4. The van der Waals surface area contributed by atoms with E-state index in [1.54, 1.807) is 19.2 Å². The van der Waals surface area contributed by atoms with E-state index in [9.17, 15) is 12.8 Å². The van der Waals surface area contributed by atoms with Crippen LogP contribution in [0.2, 0.25) is 0 Å². The number of guanidine groups is 1. The van der Waals surface area contributed by atoms with Gasteiger partial charge < -0.3 is 15.0 Å². The molecule has 1 fully saturated rings. The molecule has 7 nitrogen and oxygen atoms in total. The first-order valence-corrected chi connectivity index (χ1v) is 10.8. The Balaban J connectivity index is 0.00000392. The number of hydrogen-bond acceptors (Lipinski definition) is 4. The maximum Gasteiger partial charge on any atom is 0.213 e. The molecule has 0 aliphatic heterocycles. The van der Waals surface area contributed by atoms with Crippen LogP contribution in [0.5, 0.6) is 5.75 Å². The van der Waals surface area contributed by atoms with Gasteiger partial charge in [0.05, 0.1) is 12.3 Å². The second-order valence-corrected chi connectivity index (χ2v) is 8.59. The van der Waals surface area contributed by atoms with Gasteiger partial charge >= 0.3 is 0 Å². The van der Waals surface area contributed by atoms with Crippen molar-refractivity contribution in [3.05, 3.63) is 30.1 Å². The molecule has 0 atom stereocenters. The summed E-state index contributed by atoms with van der Waals surface area (Å²) in [5.74, 6) is 1.37. The highest BCUT2D eigenvalue weighted by molar-refractivity contribution is 14.0. The first-order chi connectivity index (χ1) is 12.9. The molecule has 1 aliphatic carbocycles. The zero-order valence-corrected chi connectivity index (χ0v) is 19.5. The quantitative estimate of drug-likeness (QED) is 0.276. The number of nitrogens with zero attached hydrogens (tertiary/aromatic N) is 2. The highest BCUT2D eigenvalue weighted by atomic mass is 127. The van der Waals surface area contributed by atoms with Crippen molar-refractivity contribution in [2.75, 3.05) is 46.1 Å². The lowest BCUT2D eigenvalue weighted by atomic mass is 9.86. The van der Waals surface area contributed by atoms with E-state index in [2.05, 4.69) is 15.0 Å². The Hall–Kier alpha value is -1.14. The summed E-state index contributed by atoms with van der Waals surface area (Å²) in [6.45, 7) is 1.75. The molecule has 0 saturated heterocycles. The number of halogens is 2. The summed E-state index contributed by atoms with van der Waals surface area (Å²) in [5.41, 5.74) is 0. The lowest BCUT2D eigenvalue weighted by Crippen LogP contribution is -2.44. The van der Waals surface area contributed by atoms with Crippen LogP contribution in [0.3, 0.4) is 0 Å². The number of nitrogens with one attached hydrogen (secondary N) is 2. The summed E-state index contributed by atoms with van der Waals surface area (Å²) < 4.78 is 45.1. The number of ether oxygens (including phenoxy) is 1. The molecule has 0 unspecified atom stereocenters. The molecule has 10 heteroatoms. The van der Waals surface area contributed by atoms with Crippen LogP contribution in [-0.2, 0) is 10.0 Å². The van der Waals surface area contributed by atoms with Gasteiger partial charge in [-0.2, -0.15) is 0 Å². The van der Waals surface area contributed by atoms with Gasteiger partial charge in [0.25, 0.3) is 0 Å². The van der Waals surface area contributed by atoms with Crippen LogP contribution < -0.4 is 14.8 Å². The van der Waals surface area contributed by atoms with Gasteiger partial charge in [-0.15, -0.1) is 24.0 Å². The summed E-state index contributed by atoms with van der Waals surface area (Å²) in [7, 11) is 0.202. The summed E-state index contributed by atoms with van der Waals surface area (Å²) in [4.78, 5) is 6.00. The molecule has 0 heterocycles. The Labute approximate surface area is 184 Å². The second kappa shape index (κ2) is 12.4. The Bertz CT molecular complexity index is 712. The summed E-state index contributed by atoms with van der Waals surface area (Å²) in [6.07, 6.45) is 3.41. The minimum Gasteiger partial charge on any atom is -0.492 e. The first-order valence-electron chi connectivity index (χ1n) is 9.17. The molecule has 1 aromatic rings. The average Bonchev–Trinajstić information content (AvgIpc) is 2.59. The summed E-state index contributed by atoms with van der Waals surface area (Å²) in [5, 5.41) is 3.05. The lowest BCUT2D eigenvalue weighted by Gasteiger charge is -2.25. The van der Waals surface area contributed by atoms with E-state index in [4.69, 9.17) is 4.74 Å². The van der Waals surface area contributed by atoms with Crippen molar-refractivity contribution >= 4 is 40.0 Å². The largest absolute Gasteiger partial charge is 0.492 e. The molecule has 2 rings (SSSR count). The Morgan fingerprint density at radius 1 is 1.32 bits per heavy atom. The third-order valence-electron chi connectivity index (χ3n) is 4.55. The average molecular weight is 528 g/mol. The SMILES string of the molecule is CN=C(NCCS(=O)(=O)NCC1CCC1)N(C)CCOc1ccc(F)cc1.I. The van der Waals surface area contributed by atoms with E-state index in [0.29, 0.717) is 37.3 Å². The molecule has 1 saturated carbocycles. The number of hydrogen-bond donors (Lipinski definition) is 2. The van der Waals surface area contributed by atoms with Crippen LogP contribution in [0.15, 0.2) is 29.3 Å². The number of aliphatic imine (C=N–C) groups is 1. The third-order valence-corrected chi connectivity index (χ3v) is 5.90. The van der Waals surface area contributed by atoms with Crippen LogP contribution >= 0.6 is 24.0 Å². The van der Waals surface area contributed by atoms with E-state index in [1.807, 2.05) is 11.9 Å². The summed E-state index contributed by atoms with van der Waals surface area (Å²) >= 11 is 0. The highest BCUT2D eigenvalue weighted by Crippen LogP contribution is 2.25. The fraction of sp³-hybridized carbons (Fsp3) is 0.611. The summed E-state index contributed by atoms with van der Waals surface area (Å²) in [6, 6.07) is 5.84. The van der Waals surface area contributed by atoms with E-state index < -0.39 is 10.0 Å². The van der Waals surface area contributed by atoms with Crippen molar-refractivity contribution < 1.29 is 17.5 Å². The number of benzene rings is 1. The van der Waals surface area contributed by atoms with Crippen molar-refractivity contribution in [3.63, 3.8) is 0 Å². The molecule has 0 bridgehead atoms. The van der Waals surface area contributed by atoms with Gasteiger partial charge in [-0.25, -0.2) is 17.5 Å².